The first-order chi connectivity index (χ1) is 11.3. The molecular weight excluding hydrogens is 304 g/mol. The zero-order valence-corrected chi connectivity index (χ0v) is 13.8. The summed E-state index contributed by atoms with van der Waals surface area (Å²) in [5, 5.41) is 0.878. The molecule has 0 aromatic heterocycles. The second-order valence-corrected chi connectivity index (χ2v) is 6.88. The van der Waals surface area contributed by atoms with Crippen LogP contribution in [-0.4, -0.2) is 12.3 Å². The van der Waals surface area contributed by atoms with E-state index in [1.807, 2.05) is 12.1 Å². The highest BCUT2D eigenvalue weighted by Crippen LogP contribution is 2.48. The summed E-state index contributed by atoms with van der Waals surface area (Å²) in [4.78, 5) is 4.67. The first-order valence-corrected chi connectivity index (χ1v) is 8.60. The van der Waals surface area contributed by atoms with Gasteiger partial charge in [-0.05, 0) is 41.7 Å². The minimum absolute atomic E-state index is 0.238. The van der Waals surface area contributed by atoms with Gasteiger partial charge in [0.15, 0.2) is 5.17 Å². The average molecular weight is 322 g/mol. The molecule has 1 unspecified atom stereocenters. The molecule has 1 aliphatic heterocycles. The Kier molecular flexibility index (Phi) is 3.62. The summed E-state index contributed by atoms with van der Waals surface area (Å²) in [6, 6.07) is 16.8. The summed E-state index contributed by atoms with van der Waals surface area (Å²) in [5.41, 5.74) is 12.4. The highest BCUT2D eigenvalue weighted by atomic mass is 32.2. The molecule has 116 valence electrons. The Morgan fingerprint density at radius 2 is 1.87 bits per heavy atom. The molecule has 1 aliphatic carbocycles. The van der Waals surface area contributed by atoms with Crippen LogP contribution in [0.25, 0.3) is 5.70 Å². The number of fused-ring (bicyclic) bond motifs is 2. The molecule has 0 saturated heterocycles. The average Bonchev–Trinajstić information content (AvgIpc) is 2.61. The predicted molar refractivity (Wildman–Crippen MR) is 96.6 cm³/mol. The highest BCUT2D eigenvalue weighted by Gasteiger charge is 2.30. The molecule has 0 fully saturated rings. The van der Waals surface area contributed by atoms with Gasteiger partial charge in [0, 0.05) is 5.56 Å². The largest absolute Gasteiger partial charge is 0.497 e. The zero-order valence-electron chi connectivity index (χ0n) is 13.0. The number of ether oxygens (including phenoxy) is 1. The van der Waals surface area contributed by atoms with E-state index in [1.54, 1.807) is 18.9 Å². The van der Waals surface area contributed by atoms with Gasteiger partial charge in [-0.3, -0.25) is 0 Å². The van der Waals surface area contributed by atoms with Gasteiger partial charge in [0.2, 0.25) is 0 Å². The quantitative estimate of drug-likeness (QED) is 0.903. The smallest absolute Gasteiger partial charge is 0.160 e. The Balaban J connectivity index is 1.80. The van der Waals surface area contributed by atoms with Crippen molar-refractivity contribution in [3.8, 4) is 5.75 Å². The summed E-state index contributed by atoms with van der Waals surface area (Å²) in [7, 11) is 1.69. The summed E-state index contributed by atoms with van der Waals surface area (Å²) >= 11 is 1.64. The second-order valence-electron chi connectivity index (χ2n) is 5.75. The van der Waals surface area contributed by atoms with Crippen LogP contribution in [0.5, 0.6) is 5.75 Å². The van der Waals surface area contributed by atoms with Crippen LogP contribution in [0, 0.1) is 0 Å². The van der Waals surface area contributed by atoms with E-state index in [2.05, 4.69) is 41.4 Å². The van der Waals surface area contributed by atoms with E-state index < -0.39 is 0 Å². The number of hydrogen-bond donors (Lipinski definition) is 1. The minimum atomic E-state index is 0.238. The number of benzene rings is 2. The van der Waals surface area contributed by atoms with Crippen LogP contribution in [-0.2, 0) is 6.42 Å². The number of hydrogen-bond acceptors (Lipinski definition) is 4. The molecule has 4 heteroatoms. The fourth-order valence-corrected chi connectivity index (χ4v) is 4.34. The van der Waals surface area contributed by atoms with E-state index in [9.17, 15) is 0 Å². The predicted octanol–water partition coefficient (Wildman–Crippen LogP) is 4.16. The van der Waals surface area contributed by atoms with Crippen molar-refractivity contribution < 1.29 is 4.74 Å². The van der Waals surface area contributed by atoms with Crippen LogP contribution < -0.4 is 10.5 Å². The van der Waals surface area contributed by atoms with Gasteiger partial charge in [0.05, 0.1) is 18.1 Å². The molecule has 0 radical (unpaired) electrons. The molecule has 2 aliphatic rings. The fourth-order valence-electron chi connectivity index (χ4n) is 3.29. The molecule has 1 atom stereocenters. The van der Waals surface area contributed by atoms with Gasteiger partial charge in [-0.2, -0.15) is 0 Å². The highest BCUT2D eigenvalue weighted by molar-refractivity contribution is 8.14. The van der Waals surface area contributed by atoms with E-state index >= 15 is 0 Å². The third kappa shape index (κ3) is 2.53. The van der Waals surface area contributed by atoms with Crippen molar-refractivity contribution >= 4 is 22.6 Å². The summed E-state index contributed by atoms with van der Waals surface area (Å²) in [6.45, 7) is 0. The normalized spacial score (nSPS) is 19.7. The summed E-state index contributed by atoms with van der Waals surface area (Å²) in [6.07, 6.45) is 2.10. The van der Waals surface area contributed by atoms with Gasteiger partial charge < -0.3 is 10.5 Å². The number of aliphatic imine (C=N–C) groups is 1. The second kappa shape index (κ2) is 5.78. The zero-order chi connectivity index (χ0) is 15.8. The van der Waals surface area contributed by atoms with Crippen molar-refractivity contribution in [2.45, 2.75) is 18.1 Å². The van der Waals surface area contributed by atoms with Gasteiger partial charge in [-0.15, -0.1) is 0 Å². The molecule has 0 amide bonds. The topological polar surface area (TPSA) is 47.6 Å². The van der Waals surface area contributed by atoms with Crippen LogP contribution in [0.15, 0.2) is 59.1 Å². The molecule has 1 heterocycles. The fraction of sp³-hybridized carbons (Fsp3) is 0.211. The van der Waals surface area contributed by atoms with Crippen LogP contribution in [0.1, 0.15) is 28.4 Å². The number of methoxy groups -OCH3 is 1. The summed E-state index contributed by atoms with van der Waals surface area (Å²) in [5.74, 6) is 0.874. The van der Waals surface area contributed by atoms with E-state index in [-0.39, 0.29) is 5.25 Å². The molecule has 3 nitrogen and oxygen atoms in total. The minimum Gasteiger partial charge on any atom is -0.497 e. The summed E-state index contributed by atoms with van der Waals surface area (Å²) < 4.78 is 5.26. The molecule has 23 heavy (non-hydrogen) atoms. The van der Waals surface area contributed by atoms with Crippen molar-refractivity contribution in [3.05, 3.63) is 70.8 Å². The third-order valence-corrected chi connectivity index (χ3v) is 5.56. The van der Waals surface area contributed by atoms with Gasteiger partial charge in [-0.1, -0.05) is 48.2 Å². The lowest BCUT2D eigenvalue weighted by Crippen LogP contribution is -2.19. The number of amidine groups is 1. The molecule has 4 rings (SSSR count). The molecule has 2 aromatic rings. The number of nitrogens with two attached hydrogens (primary N) is 1. The van der Waals surface area contributed by atoms with E-state index in [4.69, 9.17) is 10.5 Å². The lowest BCUT2D eigenvalue weighted by atomic mass is 9.86. The molecule has 2 N–H and O–H groups in total. The Morgan fingerprint density at radius 1 is 1.09 bits per heavy atom. The Morgan fingerprint density at radius 3 is 2.65 bits per heavy atom. The third-order valence-electron chi connectivity index (χ3n) is 4.44. The van der Waals surface area contributed by atoms with E-state index in [0.29, 0.717) is 5.17 Å². The molecular formula is C19H18N2OS. The SMILES string of the molecule is COc1ccc(C2SC(N)=NC3=C2CCc2ccccc23)cc1. The number of thioether (sulfide) groups is 1. The Hall–Kier alpha value is -2.20. The van der Waals surface area contributed by atoms with Gasteiger partial charge in [-0.25, -0.2) is 4.99 Å². The molecule has 0 saturated carbocycles. The van der Waals surface area contributed by atoms with E-state index in [1.165, 1.54) is 22.3 Å². The molecule has 0 bridgehead atoms. The maximum absolute atomic E-state index is 6.14. The van der Waals surface area contributed by atoms with Crippen molar-refractivity contribution in [1.29, 1.82) is 0 Å². The molecule has 0 spiro atoms. The van der Waals surface area contributed by atoms with Crippen LogP contribution in [0.4, 0.5) is 0 Å². The standard InChI is InChI=1S/C19H18N2OS/c1-22-14-9-6-13(7-10-14)18-16-11-8-12-4-2-3-5-15(12)17(16)21-19(20)23-18/h2-7,9-10,18H,8,11H2,1H3,(H2,20,21). The molecule has 2 aromatic carbocycles. The number of nitrogens with zero attached hydrogens (tertiary/aromatic N) is 1. The lowest BCUT2D eigenvalue weighted by molar-refractivity contribution is 0.414. The van der Waals surface area contributed by atoms with Crippen molar-refractivity contribution in [1.82, 2.24) is 0 Å². The van der Waals surface area contributed by atoms with Crippen molar-refractivity contribution in [2.24, 2.45) is 10.7 Å². The maximum Gasteiger partial charge on any atom is 0.160 e. The Labute approximate surface area is 140 Å². The number of aryl methyl sites for hydroxylation is 1. The monoisotopic (exact) mass is 322 g/mol. The van der Waals surface area contributed by atoms with E-state index in [0.717, 1.165) is 24.3 Å². The van der Waals surface area contributed by atoms with Crippen molar-refractivity contribution in [2.75, 3.05) is 7.11 Å². The van der Waals surface area contributed by atoms with Crippen LogP contribution in [0.2, 0.25) is 0 Å². The lowest BCUT2D eigenvalue weighted by Gasteiger charge is -2.30. The van der Waals surface area contributed by atoms with Gasteiger partial charge >= 0.3 is 0 Å². The van der Waals surface area contributed by atoms with Gasteiger partial charge in [0.1, 0.15) is 5.75 Å². The first kappa shape index (κ1) is 14.4. The van der Waals surface area contributed by atoms with Crippen molar-refractivity contribution in [3.63, 3.8) is 0 Å². The first-order valence-electron chi connectivity index (χ1n) is 7.72. The maximum atomic E-state index is 6.14. The number of rotatable bonds is 2. The van der Waals surface area contributed by atoms with Gasteiger partial charge in [0.25, 0.3) is 0 Å². The van der Waals surface area contributed by atoms with Crippen LogP contribution >= 0.6 is 11.8 Å². The van der Waals surface area contributed by atoms with Crippen LogP contribution in [0.3, 0.4) is 0 Å². The Bertz CT molecular complexity index is 808.